The minimum atomic E-state index is -0.874. The van der Waals surface area contributed by atoms with Gasteiger partial charge in [-0.15, -0.1) is 0 Å². The van der Waals surface area contributed by atoms with E-state index in [2.05, 4.69) is 11.1 Å². The van der Waals surface area contributed by atoms with Gasteiger partial charge in [-0.1, -0.05) is 0 Å². The van der Waals surface area contributed by atoms with Crippen LogP contribution in [0.25, 0.3) is 0 Å². The number of rotatable bonds is 6. The van der Waals surface area contributed by atoms with E-state index in [0.29, 0.717) is 42.4 Å². The molecule has 1 heterocycles. The minimum absolute atomic E-state index is 0.277. The van der Waals surface area contributed by atoms with Gasteiger partial charge in [-0.05, 0) is 18.8 Å². The highest BCUT2D eigenvalue weighted by Crippen LogP contribution is 2.35. The summed E-state index contributed by atoms with van der Waals surface area (Å²) in [6.07, 6.45) is 2.27. The Morgan fingerprint density at radius 2 is 2.12 bits per heavy atom. The molecule has 0 aliphatic carbocycles. The van der Waals surface area contributed by atoms with Crippen LogP contribution < -0.4 is 9.47 Å². The smallest absolute Gasteiger partial charge is 0.407 e. The van der Waals surface area contributed by atoms with Crippen molar-refractivity contribution >= 4 is 18.1 Å². The van der Waals surface area contributed by atoms with Crippen molar-refractivity contribution in [3.63, 3.8) is 0 Å². The van der Waals surface area contributed by atoms with Crippen molar-refractivity contribution in [1.29, 1.82) is 5.26 Å². The zero-order chi connectivity index (χ0) is 19.1. The summed E-state index contributed by atoms with van der Waals surface area (Å²) in [5, 5.41) is 18.3. The molecule has 1 saturated heterocycles. The second-order valence-corrected chi connectivity index (χ2v) is 6.36. The van der Waals surface area contributed by atoms with Gasteiger partial charge in [-0.25, -0.2) is 9.79 Å². The lowest BCUT2D eigenvalue weighted by molar-refractivity contribution is 0.111. The van der Waals surface area contributed by atoms with E-state index in [1.54, 1.807) is 23.4 Å². The van der Waals surface area contributed by atoms with Gasteiger partial charge in [0, 0.05) is 39.3 Å². The number of hydrogen-bond acceptors (Lipinski definition) is 5. The molecular formula is C18H24N4O4. The van der Waals surface area contributed by atoms with E-state index in [0.717, 1.165) is 12.8 Å². The quantitative estimate of drug-likeness (QED) is 0.618. The van der Waals surface area contributed by atoms with E-state index in [1.165, 1.54) is 12.0 Å². The van der Waals surface area contributed by atoms with Crippen molar-refractivity contribution in [1.82, 2.24) is 9.80 Å². The standard InChI is InChI=1S/C18H24N4O4/c1-21(2)12-20-15-9-17(16(25-3)8-14(15)10-19)26-11-13-4-6-22(7-5-13)18(23)24/h8-9,12-13H,4-7,11H2,1-3H3,(H,23,24). The normalized spacial score (nSPS) is 14.9. The third-order valence-corrected chi connectivity index (χ3v) is 4.19. The maximum absolute atomic E-state index is 11.0. The van der Waals surface area contributed by atoms with Crippen LogP contribution in [0.3, 0.4) is 0 Å². The molecule has 26 heavy (non-hydrogen) atoms. The number of carbonyl (C=O) groups is 1. The van der Waals surface area contributed by atoms with E-state index < -0.39 is 6.09 Å². The van der Waals surface area contributed by atoms with Crippen molar-refractivity contribution in [2.75, 3.05) is 40.9 Å². The number of amides is 1. The Morgan fingerprint density at radius 3 is 2.65 bits per heavy atom. The lowest BCUT2D eigenvalue weighted by Gasteiger charge is -2.29. The molecule has 0 radical (unpaired) electrons. The van der Waals surface area contributed by atoms with Crippen LogP contribution in [-0.4, -0.2) is 68.2 Å². The highest BCUT2D eigenvalue weighted by atomic mass is 16.5. The van der Waals surface area contributed by atoms with Crippen molar-refractivity contribution in [3.05, 3.63) is 17.7 Å². The summed E-state index contributed by atoms with van der Waals surface area (Å²) in [6.45, 7) is 1.51. The Morgan fingerprint density at radius 1 is 1.42 bits per heavy atom. The first kappa shape index (κ1) is 19.4. The highest BCUT2D eigenvalue weighted by Gasteiger charge is 2.23. The zero-order valence-corrected chi connectivity index (χ0v) is 15.3. The third kappa shape index (κ3) is 5.02. The monoisotopic (exact) mass is 360 g/mol. The van der Waals surface area contributed by atoms with Crippen molar-refractivity contribution in [2.45, 2.75) is 12.8 Å². The summed E-state index contributed by atoms with van der Waals surface area (Å²) < 4.78 is 11.3. The highest BCUT2D eigenvalue weighted by molar-refractivity contribution is 5.68. The number of nitrogens with zero attached hydrogens (tertiary/aromatic N) is 4. The Kier molecular flexibility index (Phi) is 6.67. The van der Waals surface area contributed by atoms with Gasteiger partial charge in [0.1, 0.15) is 6.07 Å². The number of carboxylic acid groups (broad SMARTS) is 1. The van der Waals surface area contributed by atoms with Crippen LogP contribution in [0.15, 0.2) is 17.1 Å². The Hall–Kier alpha value is -2.95. The van der Waals surface area contributed by atoms with Gasteiger partial charge in [-0.2, -0.15) is 5.26 Å². The van der Waals surface area contributed by atoms with Crippen LogP contribution in [0.4, 0.5) is 10.5 Å². The molecule has 1 fully saturated rings. The molecule has 1 aliphatic rings. The molecule has 0 bridgehead atoms. The molecule has 8 heteroatoms. The third-order valence-electron chi connectivity index (χ3n) is 4.19. The number of benzene rings is 1. The molecule has 0 unspecified atom stereocenters. The minimum Gasteiger partial charge on any atom is -0.493 e. The summed E-state index contributed by atoms with van der Waals surface area (Å²) >= 11 is 0. The first-order valence-corrected chi connectivity index (χ1v) is 8.38. The Labute approximate surface area is 153 Å². The second kappa shape index (κ2) is 8.94. The summed E-state index contributed by atoms with van der Waals surface area (Å²) in [4.78, 5) is 18.5. The van der Waals surface area contributed by atoms with Crippen molar-refractivity contribution < 1.29 is 19.4 Å². The van der Waals surface area contributed by atoms with Gasteiger partial charge in [-0.3, -0.25) is 0 Å². The predicted molar refractivity (Wildman–Crippen MR) is 97.4 cm³/mol. The van der Waals surface area contributed by atoms with Gasteiger partial charge in [0.25, 0.3) is 0 Å². The average Bonchev–Trinajstić information content (AvgIpc) is 2.64. The number of nitriles is 1. The van der Waals surface area contributed by atoms with Crippen LogP contribution in [0.1, 0.15) is 18.4 Å². The van der Waals surface area contributed by atoms with Gasteiger partial charge >= 0.3 is 6.09 Å². The molecule has 0 saturated carbocycles. The molecule has 1 amide bonds. The fourth-order valence-corrected chi connectivity index (χ4v) is 2.69. The lowest BCUT2D eigenvalue weighted by atomic mass is 9.98. The second-order valence-electron chi connectivity index (χ2n) is 6.36. The van der Waals surface area contributed by atoms with Crippen LogP contribution in [0, 0.1) is 17.2 Å². The van der Waals surface area contributed by atoms with Gasteiger partial charge in [0.05, 0.1) is 31.3 Å². The summed E-state index contributed by atoms with van der Waals surface area (Å²) in [6, 6.07) is 5.43. The van der Waals surface area contributed by atoms with Gasteiger partial charge in [0.15, 0.2) is 11.5 Å². The van der Waals surface area contributed by atoms with E-state index in [9.17, 15) is 10.1 Å². The molecule has 1 aromatic rings. The molecule has 8 nitrogen and oxygen atoms in total. The molecule has 0 spiro atoms. The van der Waals surface area contributed by atoms with Crippen molar-refractivity contribution in [3.8, 4) is 17.6 Å². The molecular weight excluding hydrogens is 336 g/mol. The number of aliphatic imine (C=N–C) groups is 1. The first-order valence-electron chi connectivity index (χ1n) is 8.38. The van der Waals surface area contributed by atoms with E-state index in [4.69, 9.17) is 14.6 Å². The fraction of sp³-hybridized carbons (Fsp3) is 0.500. The molecule has 1 N–H and O–H groups in total. The average molecular weight is 360 g/mol. The number of ether oxygens (including phenoxy) is 2. The van der Waals surface area contributed by atoms with Crippen LogP contribution in [-0.2, 0) is 0 Å². The molecule has 140 valence electrons. The summed E-state index contributed by atoms with van der Waals surface area (Å²) in [5.41, 5.74) is 0.916. The number of hydrogen-bond donors (Lipinski definition) is 1. The summed E-state index contributed by atoms with van der Waals surface area (Å²) in [5.74, 6) is 1.28. The van der Waals surface area contributed by atoms with Crippen LogP contribution in [0.5, 0.6) is 11.5 Å². The topological polar surface area (TPSA) is 98.4 Å². The SMILES string of the molecule is COc1cc(C#N)c(N=CN(C)C)cc1OCC1CCN(C(=O)O)CC1. The van der Waals surface area contributed by atoms with Gasteiger partial charge < -0.3 is 24.4 Å². The van der Waals surface area contributed by atoms with E-state index >= 15 is 0 Å². The van der Waals surface area contributed by atoms with E-state index in [-0.39, 0.29) is 5.92 Å². The first-order chi connectivity index (χ1) is 12.4. The molecule has 1 aromatic carbocycles. The maximum atomic E-state index is 11.0. The van der Waals surface area contributed by atoms with Crippen molar-refractivity contribution in [2.24, 2.45) is 10.9 Å². The molecule has 0 atom stereocenters. The number of likely N-dealkylation sites (tertiary alicyclic amines) is 1. The fourth-order valence-electron chi connectivity index (χ4n) is 2.69. The predicted octanol–water partition coefficient (Wildman–Crippen LogP) is 2.56. The number of methoxy groups -OCH3 is 1. The maximum Gasteiger partial charge on any atom is 0.407 e. The Balaban J connectivity index is 2.09. The van der Waals surface area contributed by atoms with Crippen LogP contribution >= 0.6 is 0 Å². The largest absolute Gasteiger partial charge is 0.493 e. The van der Waals surface area contributed by atoms with Crippen LogP contribution in [0.2, 0.25) is 0 Å². The summed E-state index contributed by atoms with van der Waals surface area (Å²) in [7, 11) is 5.22. The Bertz CT molecular complexity index is 704. The molecule has 0 aromatic heterocycles. The lowest BCUT2D eigenvalue weighted by Crippen LogP contribution is -2.38. The molecule has 2 rings (SSSR count). The van der Waals surface area contributed by atoms with E-state index in [1.807, 2.05) is 14.1 Å². The zero-order valence-electron chi connectivity index (χ0n) is 15.3. The molecule has 1 aliphatic heterocycles. The number of piperidine rings is 1. The van der Waals surface area contributed by atoms with Gasteiger partial charge in [0.2, 0.25) is 0 Å².